The standard InChI is InChI=1S/C40H44FN5O6SSi/c1-25(2)51-33(31-23-28(41)19-20-32(31)50-8)24-44-37-34(26(3)36(53-37)46-42-21-22-43-46)35(47)45(39(44)49)27(4)38(48)52-54(40(5,6)7,29-15-11-9-12-16-29)30-17-13-10-14-18-30/h9-23,25,27,33H,24H2,1-8H3/t27-,33-/m0/s1. The SMILES string of the molecule is COc1ccc(F)cc1[C@H](Cn1c(=O)n([C@@H](C)C(=O)O[Si](c2ccccc2)(c2ccccc2)C(C)(C)C)c(=O)c2c(C)c(-n3nccn3)sc21)OC(C)C. The van der Waals surface area contributed by atoms with E-state index in [0.29, 0.717) is 26.7 Å². The molecule has 6 rings (SSSR count). The first-order chi connectivity index (χ1) is 25.7. The molecule has 0 saturated heterocycles. The average molecular weight is 770 g/mol. The summed E-state index contributed by atoms with van der Waals surface area (Å²) >= 11 is 1.16. The minimum Gasteiger partial charge on any atom is -0.508 e. The van der Waals surface area contributed by atoms with Crippen molar-refractivity contribution in [1.29, 1.82) is 0 Å². The van der Waals surface area contributed by atoms with E-state index < -0.39 is 48.5 Å². The van der Waals surface area contributed by atoms with E-state index in [2.05, 4.69) is 10.2 Å². The Morgan fingerprint density at radius 1 is 0.926 bits per heavy atom. The van der Waals surface area contributed by atoms with Crippen molar-refractivity contribution in [2.75, 3.05) is 7.11 Å². The Morgan fingerprint density at radius 3 is 2.06 bits per heavy atom. The van der Waals surface area contributed by atoms with Gasteiger partial charge in [0.15, 0.2) is 0 Å². The van der Waals surface area contributed by atoms with Gasteiger partial charge in [-0.2, -0.15) is 10.2 Å². The number of nitrogens with zero attached hydrogens (tertiary/aromatic N) is 5. The molecule has 0 spiro atoms. The van der Waals surface area contributed by atoms with Gasteiger partial charge >= 0.3 is 20.0 Å². The van der Waals surface area contributed by atoms with Crippen LogP contribution in [0.2, 0.25) is 5.04 Å². The molecule has 0 saturated carbocycles. The molecule has 0 aliphatic heterocycles. The van der Waals surface area contributed by atoms with Crippen molar-refractivity contribution < 1.29 is 23.1 Å². The second-order valence-corrected chi connectivity index (χ2v) is 19.6. The molecule has 3 aromatic heterocycles. The third-order valence-corrected chi connectivity index (χ3v) is 15.7. The van der Waals surface area contributed by atoms with E-state index in [1.54, 1.807) is 6.92 Å². The van der Waals surface area contributed by atoms with Crippen LogP contribution in [0.3, 0.4) is 0 Å². The fourth-order valence-electron chi connectivity index (χ4n) is 7.02. The number of halogens is 1. The minimum absolute atomic E-state index is 0.143. The van der Waals surface area contributed by atoms with Gasteiger partial charge < -0.3 is 13.9 Å². The molecule has 0 bridgehead atoms. The largest absolute Gasteiger partial charge is 0.508 e. The van der Waals surface area contributed by atoms with Gasteiger partial charge in [-0.3, -0.25) is 14.2 Å². The van der Waals surface area contributed by atoms with Gasteiger partial charge in [0.05, 0.1) is 37.5 Å². The number of benzene rings is 3. The number of aryl methyl sites for hydroxylation is 1. The van der Waals surface area contributed by atoms with Crippen molar-refractivity contribution in [3.05, 3.63) is 129 Å². The number of methoxy groups -OCH3 is 1. The lowest BCUT2D eigenvalue weighted by molar-refractivity contribution is -0.138. The molecular formula is C40H44FN5O6SSi. The van der Waals surface area contributed by atoms with Crippen molar-refractivity contribution in [2.45, 2.75) is 78.3 Å². The van der Waals surface area contributed by atoms with E-state index in [4.69, 9.17) is 13.9 Å². The number of hydrogen-bond acceptors (Lipinski definition) is 9. The summed E-state index contributed by atoms with van der Waals surface area (Å²) in [6.07, 6.45) is 1.80. The predicted octanol–water partition coefficient (Wildman–Crippen LogP) is 6.09. The normalized spacial score (nSPS) is 13.3. The molecule has 6 aromatic rings. The van der Waals surface area contributed by atoms with Crippen LogP contribution in [0.4, 0.5) is 4.39 Å². The molecule has 14 heteroatoms. The Kier molecular flexibility index (Phi) is 10.9. The molecule has 3 heterocycles. The highest BCUT2D eigenvalue weighted by molar-refractivity contribution is 7.21. The van der Waals surface area contributed by atoms with E-state index >= 15 is 0 Å². The molecule has 3 aromatic carbocycles. The second kappa shape index (κ2) is 15.3. The first-order valence-electron chi connectivity index (χ1n) is 17.7. The lowest BCUT2D eigenvalue weighted by Gasteiger charge is -2.42. The van der Waals surface area contributed by atoms with Gasteiger partial charge in [-0.25, -0.2) is 13.8 Å². The molecule has 0 aliphatic rings. The van der Waals surface area contributed by atoms with E-state index in [1.165, 1.54) is 54.0 Å². The molecular weight excluding hydrogens is 726 g/mol. The summed E-state index contributed by atoms with van der Waals surface area (Å²) in [4.78, 5) is 45.9. The van der Waals surface area contributed by atoms with Crippen LogP contribution < -0.4 is 26.4 Å². The van der Waals surface area contributed by atoms with Gasteiger partial charge in [0.25, 0.3) is 5.56 Å². The fraction of sp³-hybridized carbons (Fsp3) is 0.325. The molecule has 2 atom stereocenters. The van der Waals surface area contributed by atoms with Crippen molar-refractivity contribution in [1.82, 2.24) is 24.1 Å². The Labute approximate surface area is 317 Å². The molecule has 0 radical (unpaired) electrons. The van der Waals surface area contributed by atoms with E-state index in [9.17, 15) is 18.8 Å². The number of hydrogen-bond donors (Lipinski definition) is 0. The van der Waals surface area contributed by atoms with Crippen molar-refractivity contribution >= 4 is 46.2 Å². The van der Waals surface area contributed by atoms with Crippen molar-refractivity contribution in [2.24, 2.45) is 0 Å². The zero-order valence-corrected chi connectivity index (χ0v) is 33.4. The fourth-order valence-corrected chi connectivity index (χ4v) is 12.6. The Morgan fingerprint density at radius 2 is 1.52 bits per heavy atom. The van der Waals surface area contributed by atoms with Gasteiger partial charge in [-0.05, 0) is 61.3 Å². The van der Waals surface area contributed by atoms with Crippen molar-refractivity contribution in [3.8, 4) is 10.8 Å². The second-order valence-electron chi connectivity index (χ2n) is 14.4. The van der Waals surface area contributed by atoms with Crippen LogP contribution in [0.1, 0.15) is 64.8 Å². The summed E-state index contributed by atoms with van der Waals surface area (Å²) in [6, 6.07) is 22.1. The summed E-state index contributed by atoms with van der Waals surface area (Å²) in [5, 5.41) is 10.5. The van der Waals surface area contributed by atoms with Crippen LogP contribution in [0.15, 0.2) is 101 Å². The highest BCUT2D eigenvalue weighted by atomic mass is 32.1. The Balaban J connectivity index is 1.57. The van der Waals surface area contributed by atoms with Crippen LogP contribution in [0.25, 0.3) is 15.2 Å². The van der Waals surface area contributed by atoms with Crippen LogP contribution >= 0.6 is 11.3 Å². The molecule has 0 N–H and O–H groups in total. The molecule has 0 amide bonds. The first-order valence-corrected chi connectivity index (χ1v) is 20.4. The molecule has 0 unspecified atom stereocenters. The summed E-state index contributed by atoms with van der Waals surface area (Å²) < 4.78 is 35.8. The predicted molar refractivity (Wildman–Crippen MR) is 210 cm³/mol. The zero-order chi connectivity index (χ0) is 38.9. The third-order valence-electron chi connectivity index (χ3n) is 9.54. The molecule has 54 heavy (non-hydrogen) atoms. The monoisotopic (exact) mass is 769 g/mol. The van der Waals surface area contributed by atoms with Gasteiger partial charge in [-0.15, -0.1) is 4.80 Å². The minimum atomic E-state index is -3.42. The van der Waals surface area contributed by atoms with E-state index in [0.717, 1.165) is 26.3 Å². The quantitative estimate of drug-likeness (QED) is 0.137. The van der Waals surface area contributed by atoms with Gasteiger partial charge in [-0.1, -0.05) is 92.8 Å². The number of aromatic nitrogens is 5. The summed E-state index contributed by atoms with van der Waals surface area (Å²) in [6.45, 7) is 12.9. The zero-order valence-electron chi connectivity index (χ0n) is 31.6. The lowest BCUT2D eigenvalue weighted by Crippen LogP contribution is -2.67. The maximum Gasteiger partial charge on any atom is 0.333 e. The Hall–Kier alpha value is -5.18. The number of carbonyl (C=O) groups excluding carboxylic acids is 1. The first kappa shape index (κ1) is 38.5. The summed E-state index contributed by atoms with van der Waals surface area (Å²) in [5.41, 5.74) is -0.510. The van der Waals surface area contributed by atoms with Gasteiger partial charge in [0.1, 0.15) is 33.5 Å². The van der Waals surface area contributed by atoms with Crippen LogP contribution in [0, 0.1) is 12.7 Å². The third kappa shape index (κ3) is 6.96. The average Bonchev–Trinajstić information content (AvgIpc) is 3.80. The molecule has 0 fully saturated rings. The smallest absolute Gasteiger partial charge is 0.333 e. The topological polar surface area (TPSA) is 119 Å². The number of thiophene rings is 1. The lowest BCUT2D eigenvalue weighted by atomic mass is 10.1. The van der Waals surface area contributed by atoms with Crippen LogP contribution in [0.5, 0.6) is 5.75 Å². The molecule has 282 valence electrons. The number of fused-ring (bicyclic) bond motifs is 1. The highest BCUT2D eigenvalue weighted by Crippen LogP contribution is 2.38. The van der Waals surface area contributed by atoms with Crippen LogP contribution in [-0.4, -0.2) is 51.6 Å². The molecule has 0 aliphatic carbocycles. The van der Waals surface area contributed by atoms with Crippen LogP contribution in [-0.2, 0) is 20.5 Å². The number of rotatable bonds is 12. The van der Waals surface area contributed by atoms with E-state index in [-0.39, 0.29) is 18.0 Å². The van der Waals surface area contributed by atoms with Gasteiger partial charge in [0, 0.05) is 11.1 Å². The molecule has 11 nitrogen and oxygen atoms in total. The Bertz CT molecular complexity index is 2350. The maximum atomic E-state index is 14.9. The number of carbonyl (C=O) groups is 1. The van der Waals surface area contributed by atoms with E-state index in [1.807, 2.05) is 95.3 Å². The summed E-state index contributed by atoms with van der Waals surface area (Å²) in [7, 11) is -1.95. The maximum absolute atomic E-state index is 14.9. The van der Waals surface area contributed by atoms with Crippen molar-refractivity contribution in [3.63, 3.8) is 0 Å². The number of ether oxygens (including phenoxy) is 2. The van der Waals surface area contributed by atoms with Gasteiger partial charge in [0.2, 0.25) is 0 Å². The summed E-state index contributed by atoms with van der Waals surface area (Å²) in [5.74, 6) is -0.868. The highest BCUT2D eigenvalue weighted by Gasteiger charge is 2.53.